The van der Waals surface area contributed by atoms with Crippen LogP contribution in [0.5, 0.6) is 5.75 Å². The van der Waals surface area contributed by atoms with Gasteiger partial charge in [-0.15, -0.1) is 0 Å². The van der Waals surface area contributed by atoms with E-state index in [1.807, 2.05) is 12.1 Å². The van der Waals surface area contributed by atoms with Gasteiger partial charge >= 0.3 is 0 Å². The normalized spacial score (nSPS) is 12.5. The molecule has 0 unspecified atom stereocenters. The number of amides is 1. The summed E-state index contributed by atoms with van der Waals surface area (Å²) in [7, 11) is 3.21. The average molecular weight is 444 g/mol. The highest BCUT2D eigenvalue weighted by atomic mass is 35.5. The number of anilines is 4. The molecule has 2 aromatic carbocycles. The minimum absolute atomic E-state index is 0.0715. The number of carbonyl (C=O) groups is 1. The molecule has 0 radical (unpaired) electrons. The Morgan fingerprint density at radius 3 is 2.87 bits per heavy atom. The first-order chi connectivity index (χ1) is 15.0. The first-order valence-corrected chi connectivity index (χ1v) is 9.81. The molecule has 1 aliphatic heterocycles. The molecule has 0 aliphatic carbocycles. The van der Waals surface area contributed by atoms with Gasteiger partial charge in [-0.3, -0.25) is 4.79 Å². The van der Waals surface area contributed by atoms with Crippen molar-refractivity contribution in [3.8, 4) is 5.75 Å². The maximum absolute atomic E-state index is 14.5. The SMILES string of the molecule is CNC(=O)c1ccc(Nc2ncc(F)c(N(C)c3ccc4c(c3)OOCC4)n2)cc1Cl. The molecule has 1 aromatic heterocycles. The lowest BCUT2D eigenvalue weighted by molar-refractivity contribution is -0.215. The second-order valence-electron chi connectivity index (χ2n) is 6.77. The summed E-state index contributed by atoms with van der Waals surface area (Å²) in [5, 5.41) is 5.76. The van der Waals surface area contributed by atoms with E-state index in [9.17, 15) is 9.18 Å². The van der Waals surface area contributed by atoms with E-state index in [0.29, 0.717) is 29.3 Å². The Morgan fingerprint density at radius 2 is 2.10 bits per heavy atom. The van der Waals surface area contributed by atoms with Gasteiger partial charge in [-0.1, -0.05) is 17.7 Å². The number of hydrogen-bond donors (Lipinski definition) is 2. The first-order valence-electron chi connectivity index (χ1n) is 9.43. The zero-order chi connectivity index (χ0) is 22.0. The van der Waals surface area contributed by atoms with Gasteiger partial charge in [-0.05, 0) is 24.3 Å². The molecule has 3 aromatic rings. The zero-order valence-electron chi connectivity index (χ0n) is 16.8. The molecule has 2 heterocycles. The van der Waals surface area contributed by atoms with Gasteiger partial charge in [-0.2, -0.15) is 9.87 Å². The number of nitrogens with zero attached hydrogens (tertiary/aromatic N) is 3. The molecule has 1 aliphatic rings. The minimum atomic E-state index is -0.587. The van der Waals surface area contributed by atoms with E-state index >= 15 is 0 Å². The summed E-state index contributed by atoms with van der Waals surface area (Å²) in [6, 6.07) is 10.4. The second kappa shape index (κ2) is 8.75. The van der Waals surface area contributed by atoms with Gasteiger partial charge in [0.15, 0.2) is 17.4 Å². The van der Waals surface area contributed by atoms with Crippen LogP contribution in [-0.2, 0) is 11.3 Å². The van der Waals surface area contributed by atoms with Crippen LogP contribution >= 0.6 is 11.6 Å². The highest BCUT2D eigenvalue weighted by Crippen LogP contribution is 2.32. The van der Waals surface area contributed by atoms with Crippen molar-refractivity contribution in [1.29, 1.82) is 0 Å². The van der Waals surface area contributed by atoms with Crippen LogP contribution < -0.4 is 20.4 Å². The predicted molar refractivity (Wildman–Crippen MR) is 115 cm³/mol. The summed E-state index contributed by atoms with van der Waals surface area (Å²) in [6.45, 7) is 0.492. The van der Waals surface area contributed by atoms with E-state index in [1.165, 1.54) is 7.05 Å². The molecule has 160 valence electrons. The Morgan fingerprint density at radius 1 is 1.26 bits per heavy atom. The fraction of sp³-hybridized carbons (Fsp3) is 0.190. The largest absolute Gasteiger partial charge is 0.355 e. The quantitative estimate of drug-likeness (QED) is 0.576. The molecule has 0 saturated carbocycles. The third-order valence-corrected chi connectivity index (χ3v) is 5.09. The molecule has 1 amide bonds. The highest BCUT2D eigenvalue weighted by Gasteiger charge is 2.18. The molecular formula is C21H19ClFN5O3. The molecule has 0 spiro atoms. The van der Waals surface area contributed by atoms with Gasteiger partial charge in [0.1, 0.15) is 0 Å². The number of nitrogens with one attached hydrogen (secondary N) is 2. The topological polar surface area (TPSA) is 88.6 Å². The van der Waals surface area contributed by atoms with E-state index < -0.39 is 5.82 Å². The van der Waals surface area contributed by atoms with Crippen LogP contribution in [0.25, 0.3) is 0 Å². The van der Waals surface area contributed by atoms with Gasteiger partial charge in [0.2, 0.25) is 5.95 Å². The summed E-state index contributed by atoms with van der Waals surface area (Å²) < 4.78 is 14.5. The van der Waals surface area contributed by atoms with Crippen molar-refractivity contribution >= 4 is 40.6 Å². The first kappa shape index (κ1) is 20.8. The van der Waals surface area contributed by atoms with E-state index in [4.69, 9.17) is 21.4 Å². The lowest BCUT2D eigenvalue weighted by Crippen LogP contribution is -2.18. The fourth-order valence-corrected chi connectivity index (χ4v) is 3.38. The fourth-order valence-electron chi connectivity index (χ4n) is 3.11. The predicted octanol–water partition coefficient (Wildman–Crippen LogP) is 4.01. The third-order valence-electron chi connectivity index (χ3n) is 4.78. The molecule has 2 N–H and O–H groups in total. The molecule has 10 heteroatoms. The van der Waals surface area contributed by atoms with Gasteiger partial charge < -0.3 is 20.4 Å². The summed E-state index contributed by atoms with van der Waals surface area (Å²) >= 11 is 6.18. The maximum atomic E-state index is 14.5. The van der Waals surface area contributed by atoms with Crippen LogP contribution in [0.4, 0.5) is 27.5 Å². The van der Waals surface area contributed by atoms with Crippen molar-refractivity contribution in [1.82, 2.24) is 15.3 Å². The molecule has 0 bridgehead atoms. The van der Waals surface area contributed by atoms with E-state index in [0.717, 1.165) is 18.2 Å². The van der Waals surface area contributed by atoms with Crippen LogP contribution in [0, 0.1) is 5.82 Å². The molecule has 8 nitrogen and oxygen atoms in total. The van der Waals surface area contributed by atoms with Crippen molar-refractivity contribution in [3.63, 3.8) is 0 Å². The molecule has 0 fully saturated rings. The molecule has 4 rings (SSSR count). The van der Waals surface area contributed by atoms with Gasteiger partial charge in [-0.25, -0.2) is 9.37 Å². The number of carbonyl (C=O) groups excluding carboxylic acids is 1. The second-order valence-corrected chi connectivity index (χ2v) is 7.18. The third kappa shape index (κ3) is 4.37. The van der Waals surface area contributed by atoms with Crippen molar-refractivity contribution < 1.29 is 19.0 Å². The summed E-state index contributed by atoms with van der Waals surface area (Å²) in [5.41, 5.74) is 2.59. The van der Waals surface area contributed by atoms with Crippen molar-refractivity contribution in [3.05, 3.63) is 64.6 Å². The molecule has 0 atom stereocenters. The monoisotopic (exact) mass is 443 g/mol. The van der Waals surface area contributed by atoms with E-state index in [2.05, 4.69) is 20.6 Å². The summed E-state index contributed by atoms with van der Waals surface area (Å²) in [6.07, 6.45) is 1.83. The number of fused-ring (bicyclic) bond motifs is 1. The number of aromatic nitrogens is 2. The Hall–Kier alpha value is -3.43. The van der Waals surface area contributed by atoms with Crippen molar-refractivity contribution in [2.45, 2.75) is 6.42 Å². The maximum Gasteiger partial charge on any atom is 0.252 e. The average Bonchev–Trinajstić information content (AvgIpc) is 2.79. The van der Waals surface area contributed by atoms with E-state index in [1.54, 1.807) is 36.2 Å². The van der Waals surface area contributed by atoms with Gasteiger partial charge in [0, 0.05) is 43.5 Å². The summed E-state index contributed by atoms with van der Waals surface area (Å²) in [5.74, 6) is -0.0464. The Kier molecular flexibility index (Phi) is 5.88. The minimum Gasteiger partial charge on any atom is -0.355 e. The highest BCUT2D eigenvalue weighted by molar-refractivity contribution is 6.34. The van der Waals surface area contributed by atoms with Crippen LogP contribution in [0.1, 0.15) is 15.9 Å². The number of benzene rings is 2. The van der Waals surface area contributed by atoms with Crippen molar-refractivity contribution in [2.75, 3.05) is 30.9 Å². The number of halogens is 2. The van der Waals surface area contributed by atoms with Crippen LogP contribution in [0.3, 0.4) is 0 Å². The van der Waals surface area contributed by atoms with Crippen LogP contribution in [0.15, 0.2) is 42.6 Å². The Balaban J connectivity index is 1.59. The lowest BCUT2D eigenvalue weighted by Gasteiger charge is -2.22. The summed E-state index contributed by atoms with van der Waals surface area (Å²) in [4.78, 5) is 31.9. The van der Waals surface area contributed by atoms with E-state index in [-0.39, 0.29) is 22.7 Å². The number of rotatable bonds is 5. The molecule has 0 saturated heterocycles. The lowest BCUT2D eigenvalue weighted by atomic mass is 10.1. The Labute approximate surface area is 182 Å². The number of hydrogen-bond acceptors (Lipinski definition) is 7. The molecule has 31 heavy (non-hydrogen) atoms. The van der Waals surface area contributed by atoms with Gasteiger partial charge in [0.05, 0.1) is 23.4 Å². The van der Waals surface area contributed by atoms with Crippen LogP contribution in [-0.4, -0.2) is 36.6 Å². The standard InChI is InChI=1S/C21H19ClFN5O3/c1-24-20(29)15-6-4-13(9-16(15)22)26-21-25-11-17(23)19(27-21)28(2)14-5-3-12-7-8-30-31-18(12)10-14/h3-6,9-11H,7-8H2,1-2H3,(H,24,29)(H,25,26,27). The Bertz CT molecular complexity index is 1140. The van der Waals surface area contributed by atoms with Gasteiger partial charge in [0.25, 0.3) is 5.91 Å². The zero-order valence-corrected chi connectivity index (χ0v) is 17.5. The molecular weight excluding hydrogens is 425 g/mol. The van der Waals surface area contributed by atoms with Crippen molar-refractivity contribution in [2.24, 2.45) is 0 Å². The smallest absolute Gasteiger partial charge is 0.252 e. The van der Waals surface area contributed by atoms with Crippen LogP contribution in [0.2, 0.25) is 5.02 Å².